The van der Waals surface area contributed by atoms with Crippen LogP contribution in [0.4, 0.5) is 0 Å². The van der Waals surface area contributed by atoms with Gasteiger partial charge in [0.2, 0.25) is 0 Å². The minimum atomic E-state index is -0.219. The summed E-state index contributed by atoms with van der Waals surface area (Å²) in [5, 5.41) is 9.71. The maximum Gasteiger partial charge on any atom is 0.101 e. The van der Waals surface area contributed by atoms with Crippen molar-refractivity contribution in [1.29, 1.82) is 0 Å². The van der Waals surface area contributed by atoms with Crippen molar-refractivity contribution in [1.82, 2.24) is 4.90 Å². The molecule has 0 aromatic rings. The summed E-state index contributed by atoms with van der Waals surface area (Å²) in [5.41, 5.74) is 0. The monoisotopic (exact) mass is 155 g/mol. The van der Waals surface area contributed by atoms with Crippen molar-refractivity contribution in [2.24, 2.45) is 0 Å². The highest BCUT2D eigenvalue weighted by Crippen LogP contribution is 2.44. The van der Waals surface area contributed by atoms with E-state index in [2.05, 4.69) is 11.9 Å². The van der Waals surface area contributed by atoms with Gasteiger partial charge in [0.1, 0.15) is 6.10 Å². The molecule has 0 amide bonds. The molecule has 4 fully saturated rings. The number of piperidine rings is 1. The SMILES string of the molecule is CN1[C@@H]2C[C@@H]3C[C@H]1[C@H](O)C2O3. The molecule has 5 atom stereocenters. The highest BCUT2D eigenvalue weighted by molar-refractivity contribution is 5.10. The van der Waals surface area contributed by atoms with E-state index < -0.39 is 0 Å². The van der Waals surface area contributed by atoms with Crippen LogP contribution < -0.4 is 0 Å². The first-order valence-electron chi connectivity index (χ1n) is 4.33. The van der Waals surface area contributed by atoms with E-state index in [1.54, 1.807) is 0 Å². The topological polar surface area (TPSA) is 32.7 Å². The lowest BCUT2D eigenvalue weighted by Crippen LogP contribution is -2.44. The van der Waals surface area contributed by atoms with Crippen molar-refractivity contribution < 1.29 is 9.84 Å². The molecule has 1 unspecified atom stereocenters. The zero-order chi connectivity index (χ0) is 7.59. The second kappa shape index (κ2) is 1.79. The fourth-order valence-electron chi connectivity index (χ4n) is 2.91. The predicted octanol–water partition coefficient (Wildman–Crippen LogP) is -0.409. The standard InChI is InChI=1S/C8H13NO2/c1-9-5-2-4-3-6(9)8(11-4)7(5)10/h4-8,10H,2-3H2,1H3/t4-,5-,6+,7-,8?/m0/s1. The van der Waals surface area contributed by atoms with Gasteiger partial charge >= 0.3 is 0 Å². The molecule has 0 spiro atoms. The molecule has 3 nitrogen and oxygen atoms in total. The lowest BCUT2D eigenvalue weighted by atomic mass is 10.0. The number of rotatable bonds is 0. The van der Waals surface area contributed by atoms with Gasteiger partial charge < -0.3 is 9.84 Å². The third kappa shape index (κ3) is 0.604. The molecule has 4 rings (SSSR count). The molecular formula is C8H13NO2. The summed E-state index contributed by atoms with van der Waals surface area (Å²) in [6.07, 6.45) is 2.53. The fourth-order valence-corrected chi connectivity index (χ4v) is 2.91. The Kier molecular flexibility index (Phi) is 1.04. The fraction of sp³-hybridized carbons (Fsp3) is 1.00. The summed E-state index contributed by atoms with van der Waals surface area (Å²) in [7, 11) is 2.10. The lowest BCUT2D eigenvalue weighted by Gasteiger charge is -2.33. The van der Waals surface area contributed by atoms with Gasteiger partial charge in [0.25, 0.3) is 0 Å². The van der Waals surface area contributed by atoms with Crippen molar-refractivity contribution in [2.45, 2.75) is 43.2 Å². The maximum absolute atomic E-state index is 9.71. The minimum Gasteiger partial charge on any atom is -0.389 e. The zero-order valence-electron chi connectivity index (χ0n) is 6.60. The van der Waals surface area contributed by atoms with Crippen molar-refractivity contribution in [3.8, 4) is 0 Å². The molecule has 0 radical (unpaired) electrons. The first-order chi connectivity index (χ1) is 5.27. The summed E-state index contributed by atoms with van der Waals surface area (Å²) in [6.45, 7) is 0. The Hall–Kier alpha value is -0.120. The van der Waals surface area contributed by atoms with Crippen molar-refractivity contribution >= 4 is 0 Å². The number of nitrogens with zero attached hydrogens (tertiary/aromatic N) is 1. The number of likely N-dealkylation sites (N-methyl/N-ethyl adjacent to an activating group) is 1. The van der Waals surface area contributed by atoms with E-state index in [9.17, 15) is 5.11 Å². The van der Waals surface area contributed by atoms with E-state index >= 15 is 0 Å². The normalized spacial score (nSPS) is 61.1. The molecule has 0 saturated carbocycles. The second-order valence-electron chi connectivity index (χ2n) is 3.98. The van der Waals surface area contributed by atoms with Crippen LogP contribution in [0.5, 0.6) is 0 Å². The maximum atomic E-state index is 9.71. The van der Waals surface area contributed by atoms with E-state index in [-0.39, 0.29) is 12.2 Å². The van der Waals surface area contributed by atoms with Crippen LogP contribution >= 0.6 is 0 Å². The smallest absolute Gasteiger partial charge is 0.101 e. The number of hydrogen-bond acceptors (Lipinski definition) is 3. The van der Waals surface area contributed by atoms with Crippen LogP contribution in [0.25, 0.3) is 0 Å². The van der Waals surface area contributed by atoms with Crippen LogP contribution in [0.2, 0.25) is 0 Å². The first-order valence-corrected chi connectivity index (χ1v) is 4.33. The van der Waals surface area contributed by atoms with E-state index in [4.69, 9.17) is 4.74 Å². The van der Waals surface area contributed by atoms with Gasteiger partial charge in [-0.05, 0) is 19.9 Å². The van der Waals surface area contributed by atoms with Gasteiger partial charge in [-0.25, -0.2) is 0 Å². The molecular weight excluding hydrogens is 142 g/mol. The van der Waals surface area contributed by atoms with Gasteiger partial charge in [-0.3, -0.25) is 4.90 Å². The molecule has 4 heterocycles. The molecule has 0 aromatic carbocycles. The molecule has 1 N–H and O–H groups in total. The molecule has 4 saturated heterocycles. The van der Waals surface area contributed by atoms with Gasteiger partial charge in [0.05, 0.1) is 12.2 Å². The molecule has 0 aliphatic carbocycles. The summed E-state index contributed by atoms with van der Waals surface area (Å²) < 4.78 is 5.64. The largest absolute Gasteiger partial charge is 0.389 e. The molecule has 11 heavy (non-hydrogen) atoms. The van der Waals surface area contributed by atoms with E-state index in [1.807, 2.05) is 0 Å². The van der Waals surface area contributed by atoms with Gasteiger partial charge in [-0.2, -0.15) is 0 Å². The Labute approximate surface area is 65.9 Å². The van der Waals surface area contributed by atoms with E-state index in [0.717, 1.165) is 12.8 Å². The van der Waals surface area contributed by atoms with Crippen LogP contribution in [0.15, 0.2) is 0 Å². The average Bonchev–Trinajstić information content (AvgIpc) is 2.39. The van der Waals surface area contributed by atoms with E-state index in [0.29, 0.717) is 18.2 Å². The van der Waals surface area contributed by atoms with Crippen LogP contribution in [0.3, 0.4) is 0 Å². The quantitative estimate of drug-likeness (QED) is 0.516. The zero-order valence-corrected chi connectivity index (χ0v) is 6.60. The predicted molar refractivity (Wildman–Crippen MR) is 39.2 cm³/mol. The Morgan fingerprint density at radius 2 is 2.09 bits per heavy atom. The van der Waals surface area contributed by atoms with Crippen LogP contribution in [0, 0.1) is 0 Å². The number of hydrogen-bond donors (Lipinski definition) is 1. The summed E-state index contributed by atoms with van der Waals surface area (Å²) >= 11 is 0. The van der Waals surface area contributed by atoms with Gasteiger partial charge in [0, 0.05) is 12.1 Å². The Bertz CT molecular complexity index is 175. The molecule has 4 aliphatic heterocycles. The molecule has 4 bridgehead atoms. The highest BCUT2D eigenvalue weighted by Gasteiger charge is 2.57. The van der Waals surface area contributed by atoms with E-state index in [1.165, 1.54) is 0 Å². The van der Waals surface area contributed by atoms with Crippen molar-refractivity contribution in [3.63, 3.8) is 0 Å². The number of ether oxygens (including phenoxy) is 1. The van der Waals surface area contributed by atoms with Gasteiger partial charge in [-0.15, -0.1) is 0 Å². The third-order valence-corrected chi connectivity index (χ3v) is 3.51. The summed E-state index contributed by atoms with van der Waals surface area (Å²) in [5.74, 6) is 0. The van der Waals surface area contributed by atoms with Gasteiger partial charge in [0.15, 0.2) is 0 Å². The molecule has 3 heteroatoms. The summed E-state index contributed by atoms with van der Waals surface area (Å²) in [4.78, 5) is 2.29. The van der Waals surface area contributed by atoms with Crippen LogP contribution in [-0.4, -0.2) is 47.4 Å². The van der Waals surface area contributed by atoms with Crippen LogP contribution in [0.1, 0.15) is 12.8 Å². The number of aliphatic hydroxyl groups is 1. The van der Waals surface area contributed by atoms with Crippen LogP contribution in [-0.2, 0) is 4.74 Å². The number of aliphatic hydroxyl groups excluding tert-OH is 1. The lowest BCUT2D eigenvalue weighted by molar-refractivity contribution is -0.0758. The average molecular weight is 155 g/mol. The van der Waals surface area contributed by atoms with Crippen molar-refractivity contribution in [3.05, 3.63) is 0 Å². The molecule has 0 aromatic heterocycles. The van der Waals surface area contributed by atoms with Crippen molar-refractivity contribution in [2.75, 3.05) is 7.05 Å². The molecule has 4 aliphatic rings. The highest BCUT2D eigenvalue weighted by atomic mass is 16.5. The second-order valence-corrected chi connectivity index (χ2v) is 3.98. The minimum absolute atomic E-state index is 0.128. The first kappa shape index (κ1) is 6.40. The van der Waals surface area contributed by atoms with Gasteiger partial charge in [-0.1, -0.05) is 0 Å². The Morgan fingerprint density at radius 3 is 2.73 bits per heavy atom. The Morgan fingerprint density at radius 1 is 1.36 bits per heavy atom. The Balaban J connectivity index is 2.00. The summed E-state index contributed by atoms with van der Waals surface area (Å²) in [6, 6.07) is 0.895. The molecule has 62 valence electrons. The third-order valence-electron chi connectivity index (χ3n) is 3.51.